The first-order chi connectivity index (χ1) is 52.8. The second-order valence-electron chi connectivity index (χ2n) is 30.5. The quantitative estimate of drug-likeness (QED) is 0.0807. The average Bonchev–Trinajstić information content (AvgIpc) is 0.691. The van der Waals surface area contributed by atoms with Crippen molar-refractivity contribution in [1.29, 1.82) is 0 Å². The maximum atomic E-state index is 2.72. The van der Waals surface area contributed by atoms with E-state index in [1.807, 2.05) is 0 Å². The number of benzene rings is 20. The summed E-state index contributed by atoms with van der Waals surface area (Å²) in [5, 5.41) is 20.4. The van der Waals surface area contributed by atoms with E-state index in [0.29, 0.717) is 0 Å². The van der Waals surface area contributed by atoms with Crippen LogP contribution < -0.4 is 26.2 Å². The molecule has 0 amide bonds. The molecule has 0 unspecified atom stereocenters. The second-order valence-corrected chi connectivity index (χ2v) is 30.5. The lowest BCUT2D eigenvalue weighted by atomic mass is 9.33. The highest BCUT2D eigenvalue weighted by atomic mass is 15.2. The van der Waals surface area contributed by atoms with Crippen molar-refractivity contribution in [3.05, 3.63) is 370 Å². The fraction of sp³-hybridized carbons (Fsp3) is 0.0385. The van der Waals surface area contributed by atoms with Crippen molar-refractivity contribution >= 4 is 143 Å². The van der Waals surface area contributed by atoms with Gasteiger partial charge in [-0.25, -0.2) is 0 Å². The van der Waals surface area contributed by atoms with E-state index >= 15 is 0 Å². The molecule has 3 heteroatoms. The summed E-state index contributed by atoms with van der Waals surface area (Å²) in [7, 11) is 0. The van der Waals surface area contributed by atoms with E-state index in [1.54, 1.807) is 0 Å². The monoisotopic (exact) mass is 1360 g/mol. The molecule has 0 spiro atoms. The van der Waals surface area contributed by atoms with Crippen molar-refractivity contribution in [3.8, 4) is 77.9 Å². The van der Waals surface area contributed by atoms with Gasteiger partial charge < -0.3 is 9.80 Å². The highest BCUT2D eigenvalue weighted by Crippen LogP contribution is 2.56. The van der Waals surface area contributed by atoms with Gasteiger partial charge in [-0.05, 0) is 193 Å². The molecule has 20 aromatic rings. The molecule has 2 heterocycles. The fourth-order valence-electron chi connectivity index (χ4n) is 18.9. The summed E-state index contributed by atoms with van der Waals surface area (Å²) in [6.45, 7) is 6.70. The summed E-state index contributed by atoms with van der Waals surface area (Å²) < 4.78 is 0. The Morgan fingerprint density at radius 3 is 0.897 bits per heavy atom. The van der Waals surface area contributed by atoms with Gasteiger partial charge in [0, 0.05) is 45.0 Å². The minimum absolute atomic E-state index is 0.0595. The molecule has 107 heavy (non-hydrogen) atoms. The van der Waals surface area contributed by atoms with Gasteiger partial charge in [-0.15, -0.1) is 0 Å². The van der Waals surface area contributed by atoms with E-state index in [-0.39, 0.29) is 12.1 Å². The van der Waals surface area contributed by atoms with Crippen LogP contribution in [0.5, 0.6) is 0 Å². The highest BCUT2D eigenvalue weighted by Gasteiger charge is 2.46. The Labute approximate surface area is 622 Å². The maximum absolute atomic E-state index is 2.72. The lowest BCUT2D eigenvalue weighted by Gasteiger charge is -2.46. The van der Waals surface area contributed by atoms with Gasteiger partial charge in [-0.2, -0.15) is 0 Å². The van der Waals surface area contributed by atoms with Gasteiger partial charge in [0.2, 0.25) is 0 Å². The first-order valence-corrected chi connectivity index (χ1v) is 37.6. The Bertz CT molecular complexity index is 6500. The van der Waals surface area contributed by atoms with Crippen LogP contribution in [0.3, 0.4) is 0 Å². The zero-order valence-electron chi connectivity index (χ0n) is 59.6. The third-order valence-corrected chi connectivity index (χ3v) is 23.7. The van der Waals surface area contributed by atoms with Crippen molar-refractivity contribution in [2.45, 2.75) is 26.2 Å². The molecular formula is C104H69BN2. The van der Waals surface area contributed by atoms with Gasteiger partial charge in [0.1, 0.15) is 0 Å². The third-order valence-electron chi connectivity index (χ3n) is 23.7. The van der Waals surface area contributed by atoms with Gasteiger partial charge in [-0.3, -0.25) is 0 Å². The van der Waals surface area contributed by atoms with Gasteiger partial charge in [0.15, 0.2) is 0 Å². The first-order valence-electron chi connectivity index (χ1n) is 37.6. The number of rotatable bonds is 9. The van der Waals surface area contributed by atoms with Gasteiger partial charge in [0.25, 0.3) is 6.71 Å². The Hall–Kier alpha value is -13.3. The maximum Gasteiger partial charge on any atom is 0.252 e. The fourth-order valence-corrected chi connectivity index (χ4v) is 18.9. The van der Waals surface area contributed by atoms with Crippen LogP contribution >= 0.6 is 0 Å². The van der Waals surface area contributed by atoms with Crippen LogP contribution in [0.4, 0.5) is 34.1 Å². The molecule has 0 aromatic heterocycles. The highest BCUT2D eigenvalue weighted by molar-refractivity contribution is 7.00. The Morgan fingerprint density at radius 2 is 0.533 bits per heavy atom. The number of nitrogens with zero attached hydrogens (tertiary/aromatic N) is 2. The molecular weight excluding hydrogens is 1290 g/mol. The molecule has 0 saturated heterocycles. The summed E-state index contributed by atoms with van der Waals surface area (Å²) in [4.78, 5) is 5.43. The third kappa shape index (κ3) is 9.27. The number of fused-ring (bicyclic) bond motifs is 8. The van der Waals surface area contributed by atoms with Gasteiger partial charge in [0.05, 0.1) is 11.4 Å². The molecule has 2 aliphatic heterocycles. The summed E-state index contributed by atoms with van der Waals surface area (Å²) in [5.41, 5.74) is 27.9. The molecule has 0 fully saturated rings. The van der Waals surface area contributed by atoms with E-state index in [0.717, 1.165) is 101 Å². The standard InChI is InChI=1S/C104H69BN2/c1-104(2,3)76-54-48-64(49-55-76)75-62-93-101-94(63-75)107(103-81(67-28-12-6-13-29-67)40-23-41-82(103)68-30-14-7-15-31-68)92-61-74(78-57-51-72-37-19-45-86-84-43-17-33-70-35-21-47-88(96(70)84)100(78)98(72)86)53-59-90(92)105(101)89-58-52-73(77-56-50-71-36-18-44-85-83-42-16-32-69-34-20-46-87(95(69)83)99(77)97(71)85)60-91(89)106(93)102-79(65-24-8-4-9-25-65)38-22-39-80(102)66-26-10-5-11-27-66/h4-63H,1-3H3. The van der Waals surface area contributed by atoms with Crippen LogP contribution in [-0.2, 0) is 5.41 Å². The van der Waals surface area contributed by atoms with Gasteiger partial charge >= 0.3 is 0 Å². The van der Waals surface area contributed by atoms with Crippen molar-refractivity contribution in [2.75, 3.05) is 9.80 Å². The van der Waals surface area contributed by atoms with Crippen LogP contribution in [-0.4, -0.2) is 6.71 Å². The van der Waals surface area contributed by atoms with Crippen molar-refractivity contribution < 1.29 is 0 Å². The van der Waals surface area contributed by atoms with Crippen LogP contribution in [0.2, 0.25) is 0 Å². The van der Waals surface area contributed by atoms with Crippen LogP contribution in [0.15, 0.2) is 364 Å². The topological polar surface area (TPSA) is 6.48 Å². The SMILES string of the molecule is CC(C)(C)c1ccc(-c2cc3c4c(c2)N(c2c(-c5ccccc5)cccc2-c2ccccc2)c2cc(-c5ccc6cccc7c8cccc9cccc(c5c67)c98)ccc2B4c2ccc(-c4ccc5cccc6c7cccc8cccc(c4c56)c87)cc2N3c2c(-c3ccccc3)cccc2-c2ccccc2)cc1. The molecule has 0 saturated carbocycles. The zero-order valence-corrected chi connectivity index (χ0v) is 59.6. The number of para-hydroxylation sites is 2. The molecule has 0 bridgehead atoms. The largest absolute Gasteiger partial charge is 0.310 e. The summed E-state index contributed by atoms with van der Waals surface area (Å²) in [6, 6.07) is 139. The van der Waals surface area contributed by atoms with Crippen molar-refractivity contribution in [3.63, 3.8) is 0 Å². The number of hydrogen-bond acceptors (Lipinski definition) is 2. The smallest absolute Gasteiger partial charge is 0.252 e. The Balaban J connectivity index is 0.911. The van der Waals surface area contributed by atoms with Crippen LogP contribution in [0, 0.1) is 0 Å². The molecule has 0 N–H and O–H groups in total. The van der Waals surface area contributed by atoms with E-state index in [1.165, 1.54) is 119 Å². The first kappa shape index (κ1) is 61.2. The van der Waals surface area contributed by atoms with Crippen LogP contribution in [0.1, 0.15) is 26.3 Å². The van der Waals surface area contributed by atoms with E-state index < -0.39 is 0 Å². The second kappa shape index (κ2) is 23.6. The molecule has 0 radical (unpaired) electrons. The number of anilines is 6. The normalized spacial score (nSPS) is 12.8. The zero-order chi connectivity index (χ0) is 70.8. The van der Waals surface area contributed by atoms with E-state index in [4.69, 9.17) is 0 Å². The van der Waals surface area contributed by atoms with Crippen molar-refractivity contribution in [1.82, 2.24) is 0 Å². The predicted molar refractivity (Wildman–Crippen MR) is 460 cm³/mol. The number of hydrogen-bond donors (Lipinski definition) is 0. The average molecular weight is 1360 g/mol. The summed E-state index contributed by atoms with van der Waals surface area (Å²) >= 11 is 0. The Morgan fingerprint density at radius 1 is 0.215 bits per heavy atom. The van der Waals surface area contributed by atoms with Crippen molar-refractivity contribution in [2.24, 2.45) is 0 Å². The molecule has 2 nitrogen and oxygen atoms in total. The minimum atomic E-state index is -0.254. The molecule has 0 atom stereocenters. The lowest BCUT2D eigenvalue weighted by molar-refractivity contribution is 0.590. The summed E-state index contributed by atoms with van der Waals surface area (Å²) in [5.74, 6) is 0. The molecule has 498 valence electrons. The van der Waals surface area contributed by atoms with E-state index in [2.05, 4.69) is 395 Å². The molecule has 0 aliphatic carbocycles. The Kier molecular flexibility index (Phi) is 13.5. The lowest BCUT2D eigenvalue weighted by Crippen LogP contribution is -2.61. The van der Waals surface area contributed by atoms with E-state index in [9.17, 15) is 0 Å². The molecule has 22 rings (SSSR count). The summed E-state index contributed by atoms with van der Waals surface area (Å²) in [6.07, 6.45) is 0. The van der Waals surface area contributed by atoms with Crippen LogP contribution in [0.25, 0.3) is 164 Å². The van der Waals surface area contributed by atoms with Gasteiger partial charge in [-0.1, -0.05) is 360 Å². The molecule has 20 aromatic carbocycles. The predicted octanol–water partition coefficient (Wildman–Crippen LogP) is 26.8. The molecule has 2 aliphatic rings. The minimum Gasteiger partial charge on any atom is -0.310 e.